The Morgan fingerprint density at radius 1 is 1.00 bits per heavy atom. The fourth-order valence-corrected chi connectivity index (χ4v) is 2.81. The number of rotatable bonds is 2. The average Bonchev–Trinajstić information content (AvgIpc) is 2.28. The summed E-state index contributed by atoms with van der Waals surface area (Å²) in [7, 11) is 0. The normalized spacial score (nSPS) is 10.5. The van der Waals surface area contributed by atoms with Crippen LogP contribution in [0.3, 0.4) is 0 Å². The molecule has 0 fully saturated rings. The first-order chi connectivity index (χ1) is 8.47. The summed E-state index contributed by atoms with van der Waals surface area (Å²) in [5.74, 6) is 0.850. The van der Waals surface area contributed by atoms with Crippen molar-refractivity contribution < 1.29 is 0 Å². The van der Waals surface area contributed by atoms with E-state index in [0.717, 1.165) is 26.1 Å². The molecule has 0 aliphatic carbocycles. The minimum absolute atomic E-state index is 0.850. The molecule has 2 rings (SSSR count). The standard InChI is InChI=1S/C14H14Br2N2/c1-8-6-9(2)14(12(16)7-8)18-13-5-4-11(15)10(3)17-13/h4-7H,1-3H3,(H,17,18). The molecule has 1 heterocycles. The van der Waals surface area contributed by atoms with E-state index in [-0.39, 0.29) is 0 Å². The second-order valence-corrected chi connectivity index (χ2v) is 6.04. The molecule has 4 heteroatoms. The van der Waals surface area contributed by atoms with Gasteiger partial charge < -0.3 is 5.32 Å². The predicted molar refractivity (Wildman–Crippen MR) is 83.6 cm³/mol. The number of aryl methyl sites for hydroxylation is 3. The Labute approximate surface area is 124 Å². The van der Waals surface area contributed by atoms with Crippen molar-refractivity contribution in [2.24, 2.45) is 0 Å². The number of aromatic nitrogens is 1. The number of benzene rings is 1. The Hall–Kier alpha value is -0.870. The molecule has 0 aliphatic rings. The largest absolute Gasteiger partial charge is 0.339 e. The van der Waals surface area contributed by atoms with E-state index in [0.29, 0.717) is 0 Å². The molecular weight excluding hydrogens is 356 g/mol. The van der Waals surface area contributed by atoms with Crippen LogP contribution in [0.25, 0.3) is 0 Å². The zero-order valence-electron chi connectivity index (χ0n) is 10.5. The van der Waals surface area contributed by atoms with Crippen LogP contribution in [0, 0.1) is 20.8 Å². The molecule has 0 saturated heterocycles. The molecular formula is C14H14Br2N2. The third-order valence-corrected chi connectivity index (χ3v) is 4.17. The van der Waals surface area contributed by atoms with Gasteiger partial charge in [-0.05, 0) is 82.0 Å². The van der Waals surface area contributed by atoms with E-state index in [9.17, 15) is 0 Å². The maximum atomic E-state index is 4.49. The van der Waals surface area contributed by atoms with Crippen molar-refractivity contribution in [2.75, 3.05) is 5.32 Å². The highest BCUT2D eigenvalue weighted by Crippen LogP contribution is 2.30. The highest BCUT2D eigenvalue weighted by molar-refractivity contribution is 9.10. The van der Waals surface area contributed by atoms with Gasteiger partial charge in [0.1, 0.15) is 5.82 Å². The van der Waals surface area contributed by atoms with Gasteiger partial charge in [-0.1, -0.05) is 6.07 Å². The van der Waals surface area contributed by atoms with Crippen LogP contribution in [0.5, 0.6) is 0 Å². The summed E-state index contributed by atoms with van der Waals surface area (Å²) in [6.07, 6.45) is 0. The number of anilines is 2. The van der Waals surface area contributed by atoms with Crippen LogP contribution in [-0.4, -0.2) is 4.98 Å². The van der Waals surface area contributed by atoms with Crippen molar-refractivity contribution in [1.29, 1.82) is 0 Å². The summed E-state index contributed by atoms with van der Waals surface area (Å²) in [5.41, 5.74) is 4.48. The predicted octanol–water partition coefficient (Wildman–Crippen LogP) is 5.28. The van der Waals surface area contributed by atoms with Crippen molar-refractivity contribution in [1.82, 2.24) is 4.98 Å². The van der Waals surface area contributed by atoms with E-state index < -0.39 is 0 Å². The topological polar surface area (TPSA) is 24.9 Å². The van der Waals surface area contributed by atoms with Crippen molar-refractivity contribution in [3.05, 3.63) is 50.0 Å². The van der Waals surface area contributed by atoms with E-state index in [1.54, 1.807) is 0 Å². The number of pyridine rings is 1. The molecule has 0 saturated carbocycles. The Bertz CT molecular complexity index is 571. The zero-order chi connectivity index (χ0) is 13.3. The van der Waals surface area contributed by atoms with Crippen LogP contribution in [0.2, 0.25) is 0 Å². The molecule has 0 radical (unpaired) electrons. The summed E-state index contributed by atoms with van der Waals surface area (Å²) >= 11 is 7.04. The molecule has 0 bridgehead atoms. The van der Waals surface area contributed by atoms with Gasteiger partial charge in [-0.2, -0.15) is 0 Å². The quantitative estimate of drug-likeness (QED) is 0.779. The summed E-state index contributed by atoms with van der Waals surface area (Å²) in [6.45, 7) is 6.15. The van der Waals surface area contributed by atoms with Gasteiger partial charge in [0, 0.05) is 8.95 Å². The first kappa shape index (κ1) is 13.6. The molecule has 94 valence electrons. The maximum absolute atomic E-state index is 4.49. The molecule has 0 atom stereocenters. The highest BCUT2D eigenvalue weighted by Gasteiger charge is 2.06. The van der Waals surface area contributed by atoms with Crippen LogP contribution < -0.4 is 5.32 Å². The molecule has 2 aromatic rings. The monoisotopic (exact) mass is 368 g/mol. The first-order valence-electron chi connectivity index (χ1n) is 5.64. The zero-order valence-corrected chi connectivity index (χ0v) is 13.7. The number of hydrogen-bond acceptors (Lipinski definition) is 2. The van der Waals surface area contributed by atoms with Crippen molar-refractivity contribution in [2.45, 2.75) is 20.8 Å². The van der Waals surface area contributed by atoms with E-state index >= 15 is 0 Å². The van der Waals surface area contributed by atoms with Gasteiger partial charge in [0.05, 0.1) is 11.4 Å². The summed E-state index contributed by atoms with van der Waals surface area (Å²) in [4.78, 5) is 4.49. The summed E-state index contributed by atoms with van der Waals surface area (Å²) in [5, 5.41) is 3.36. The van der Waals surface area contributed by atoms with Gasteiger partial charge in [-0.15, -0.1) is 0 Å². The van der Waals surface area contributed by atoms with Gasteiger partial charge in [-0.25, -0.2) is 4.98 Å². The van der Waals surface area contributed by atoms with Crippen molar-refractivity contribution in [3.63, 3.8) is 0 Å². The number of nitrogens with one attached hydrogen (secondary N) is 1. The van der Waals surface area contributed by atoms with E-state index in [4.69, 9.17) is 0 Å². The van der Waals surface area contributed by atoms with E-state index in [2.05, 4.69) is 68.1 Å². The summed E-state index contributed by atoms with van der Waals surface area (Å²) in [6, 6.07) is 8.21. The second kappa shape index (κ2) is 5.41. The highest BCUT2D eigenvalue weighted by atomic mass is 79.9. The lowest BCUT2D eigenvalue weighted by Crippen LogP contribution is -1.98. The van der Waals surface area contributed by atoms with Crippen LogP contribution in [0.4, 0.5) is 11.5 Å². The molecule has 18 heavy (non-hydrogen) atoms. The van der Waals surface area contributed by atoms with Gasteiger partial charge in [0.2, 0.25) is 0 Å². The van der Waals surface area contributed by atoms with Crippen molar-refractivity contribution >= 4 is 43.4 Å². The smallest absolute Gasteiger partial charge is 0.130 e. The lowest BCUT2D eigenvalue weighted by molar-refractivity contribution is 1.17. The molecule has 2 nitrogen and oxygen atoms in total. The van der Waals surface area contributed by atoms with Gasteiger partial charge in [0.15, 0.2) is 0 Å². The van der Waals surface area contributed by atoms with Crippen LogP contribution in [0.1, 0.15) is 16.8 Å². The Morgan fingerprint density at radius 3 is 2.33 bits per heavy atom. The Balaban J connectivity index is 2.37. The fourth-order valence-electron chi connectivity index (χ4n) is 1.82. The van der Waals surface area contributed by atoms with Crippen LogP contribution >= 0.6 is 31.9 Å². The van der Waals surface area contributed by atoms with Gasteiger partial charge in [0.25, 0.3) is 0 Å². The first-order valence-corrected chi connectivity index (χ1v) is 7.23. The second-order valence-electron chi connectivity index (χ2n) is 4.33. The number of nitrogens with zero attached hydrogens (tertiary/aromatic N) is 1. The third kappa shape index (κ3) is 2.93. The lowest BCUT2D eigenvalue weighted by Gasteiger charge is -2.13. The minimum Gasteiger partial charge on any atom is -0.339 e. The van der Waals surface area contributed by atoms with Crippen LogP contribution in [-0.2, 0) is 0 Å². The molecule has 0 spiro atoms. The SMILES string of the molecule is Cc1cc(C)c(Nc2ccc(Br)c(C)n2)c(Br)c1. The summed E-state index contributed by atoms with van der Waals surface area (Å²) < 4.78 is 2.08. The molecule has 0 unspecified atom stereocenters. The van der Waals surface area contributed by atoms with Crippen molar-refractivity contribution in [3.8, 4) is 0 Å². The minimum atomic E-state index is 0.850. The lowest BCUT2D eigenvalue weighted by atomic mass is 10.1. The molecule has 0 aliphatic heterocycles. The van der Waals surface area contributed by atoms with Gasteiger partial charge >= 0.3 is 0 Å². The van der Waals surface area contributed by atoms with E-state index in [1.165, 1.54) is 11.1 Å². The Morgan fingerprint density at radius 2 is 1.72 bits per heavy atom. The molecule has 1 aromatic carbocycles. The number of halogens is 2. The van der Waals surface area contributed by atoms with Gasteiger partial charge in [-0.3, -0.25) is 0 Å². The van der Waals surface area contributed by atoms with Crippen LogP contribution in [0.15, 0.2) is 33.2 Å². The molecule has 1 N–H and O–H groups in total. The third-order valence-electron chi connectivity index (χ3n) is 2.71. The average molecular weight is 370 g/mol. The Kier molecular flexibility index (Phi) is 4.07. The fraction of sp³-hybridized carbons (Fsp3) is 0.214. The molecule has 0 amide bonds. The number of hydrogen-bond donors (Lipinski definition) is 1. The molecule has 1 aromatic heterocycles. The maximum Gasteiger partial charge on any atom is 0.130 e. The van der Waals surface area contributed by atoms with E-state index in [1.807, 2.05) is 19.1 Å².